The molecule has 1 N–H and O–H groups in total. The molecule has 0 aliphatic carbocycles. The van der Waals surface area contributed by atoms with Crippen LogP contribution in [0.2, 0.25) is 0 Å². The maximum Gasteiger partial charge on any atom is 0.227 e. The molecule has 1 aromatic carbocycles. The van der Waals surface area contributed by atoms with Crippen molar-refractivity contribution in [3.63, 3.8) is 0 Å². The van der Waals surface area contributed by atoms with E-state index in [4.69, 9.17) is 0 Å². The van der Waals surface area contributed by atoms with Crippen molar-refractivity contribution >= 4 is 23.2 Å². The van der Waals surface area contributed by atoms with E-state index in [1.54, 1.807) is 36.7 Å². The van der Waals surface area contributed by atoms with Crippen LogP contribution in [-0.2, 0) is 4.79 Å². The maximum absolute atomic E-state index is 12.6. The van der Waals surface area contributed by atoms with Crippen LogP contribution >= 0.6 is 0 Å². The summed E-state index contributed by atoms with van der Waals surface area (Å²) >= 11 is 0. The highest BCUT2D eigenvalue weighted by atomic mass is 16.2. The number of ketones is 1. The van der Waals surface area contributed by atoms with Gasteiger partial charge in [-0.15, -0.1) is 10.2 Å². The predicted molar refractivity (Wildman–Crippen MR) is 115 cm³/mol. The number of anilines is 2. The van der Waals surface area contributed by atoms with Crippen molar-refractivity contribution in [3.05, 3.63) is 66.5 Å². The van der Waals surface area contributed by atoms with E-state index in [9.17, 15) is 9.59 Å². The molecule has 152 valence electrons. The minimum atomic E-state index is -0.0437. The van der Waals surface area contributed by atoms with E-state index in [1.807, 2.05) is 24.3 Å². The van der Waals surface area contributed by atoms with Gasteiger partial charge in [0.25, 0.3) is 0 Å². The summed E-state index contributed by atoms with van der Waals surface area (Å²) in [7, 11) is 0. The SMILES string of the molecule is CC(=O)c1ccc(NC(=O)C2CCN(c3ccc(-c4ccncc4)nn3)CC2)cc1. The number of nitrogens with one attached hydrogen (secondary N) is 1. The van der Waals surface area contributed by atoms with Crippen molar-refractivity contribution in [1.29, 1.82) is 0 Å². The average Bonchev–Trinajstić information content (AvgIpc) is 2.80. The molecule has 1 aliphatic rings. The lowest BCUT2D eigenvalue weighted by molar-refractivity contribution is -0.120. The number of carbonyl (C=O) groups is 2. The topological polar surface area (TPSA) is 88.1 Å². The number of Topliss-reactive ketones (excluding diaryl/α,β-unsaturated/α-hetero) is 1. The Morgan fingerprint density at radius 2 is 1.63 bits per heavy atom. The zero-order chi connectivity index (χ0) is 20.9. The first-order valence-corrected chi connectivity index (χ1v) is 10.0. The number of hydrogen-bond donors (Lipinski definition) is 1. The maximum atomic E-state index is 12.6. The third kappa shape index (κ3) is 4.51. The van der Waals surface area contributed by atoms with Crippen molar-refractivity contribution in [3.8, 4) is 11.3 Å². The first kappa shape index (κ1) is 19.7. The highest BCUT2D eigenvalue weighted by molar-refractivity contribution is 5.96. The zero-order valence-corrected chi connectivity index (χ0v) is 16.8. The number of pyridine rings is 1. The molecule has 0 saturated carbocycles. The van der Waals surface area contributed by atoms with E-state index >= 15 is 0 Å². The van der Waals surface area contributed by atoms with Gasteiger partial charge in [-0.2, -0.15) is 0 Å². The Balaban J connectivity index is 1.32. The minimum Gasteiger partial charge on any atom is -0.355 e. The van der Waals surface area contributed by atoms with Gasteiger partial charge in [-0.25, -0.2) is 0 Å². The molecular weight excluding hydrogens is 378 g/mol. The molecule has 0 unspecified atom stereocenters. The van der Waals surface area contributed by atoms with Gasteiger partial charge in [0.2, 0.25) is 5.91 Å². The molecule has 0 bridgehead atoms. The van der Waals surface area contributed by atoms with Gasteiger partial charge in [0, 0.05) is 48.2 Å². The van der Waals surface area contributed by atoms with Crippen molar-refractivity contribution in [2.45, 2.75) is 19.8 Å². The highest BCUT2D eigenvalue weighted by Crippen LogP contribution is 2.24. The average molecular weight is 401 g/mol. The first-order chi connectivity index (χ1) is 14.6. The van der Waals surface area contributed by atoms with E-state index < -0.39 is 0 Å². The van der Waals surface area contributed by atoms with Crippen molar-refractivity contribution in [2.75, 3.05) is 23.3 Å². The third-order valence-corrected chi connectivity index (χ3v) is 5.38. The predicted octanol–water partition coefficient (Wildman–Crippen LogP) is 3.60. The van der Waals surface area contributed by atoms with Crippen LogP contribution < -0.4 is 10.2 Å². The standard InChI is InChI=1S/C23H23N5O2/c1-16(29)17-2-4-20(5-3-17)25-23(30)19-10-14-28(15-11-19)22-7-6-21(26-27-22)18-8-12-24-13-9-18/h2-9,12-13,19H,10-11,14-15H2,1H3,(H,25,30). The second-order valence-corrected chi connectivity index (χ2v) is 7.40. The van der Waals surface area contributed by atoms with Gasteiger partial charge in [-0.3, -0.25) is 14.6 Å². The number of piperidine rings is 1. The fourth-order valence-corrected chi connectivity index (χ4v) is 3.57. The van der Waals surface area contributed by atoms with Crippen LogP contribution in [-0.4, -0.2) is 40.0 Å². The Morgan fingerprint density at radius 3 is 2.23 bits per heavy atom. The summed E-state index contributed by atoms with van der Waals surface area (Å²) in [6.07, 6.45) is 4.98. The molecule has 4 rings (SSSR count). The number of hydrogen-bond acceptors (Lipinski definition) is 6. The van der Waals surface area contributed by atoms with Crippen LogP contribution in [0.25, 0.3) is 11.3 Å². The first-order valence-electron chi connectivity index (χ1n) is 10.0. The van der Waals surface area contributed by atoms with Gasteiger partial charge in [-0.05, 0) is 68.3 Å². The van der Waals surface area contributed by atoms with Crippen LogP contribution in [0.5, 0.6) is 0 Å². The second kappa shape index (κ2) is 8.82. The normalized spacial score (nSPS) is 14.4. The summed E-state index contributed by atoms with van der Waals surface area (Å²) in [6.45, 7) is 3.04. The lowest BCUT2D eigenvalue weighted by atomic mass is 9.95. The molecule has 0 atom stereocenters. The Bertz CT molecular complexity index is 1010. The lowest BCUT2D eigenvalue weighted by Crippen LogP contribution is -2.38. The van der Waals surface area contributed by atoms with Gasteiger partial charge in [0.1, 0.15) is 0 Å². The molecule has 0 spiro atoms. The van der Waals surface area contributed by atoms with E-state index in [0.717, 1.165) is 43.0 Å². The number of amides is 1. The molecule has 7 heteroatoms. The van der Waals surface area contributed by atoms with E-state index in [-0.39, 0.29) is 17.6 Å². The number of nitrogens with zero attached hydrogens (tertiary/aromatic N) is 4. The van der Waals surface area contributed by atoms with Crippen LogP contribution in [0.15, 0.2) is 60.9 Å². The molecular formula is C23H23N5O2. The Morgan fingerprint density at radius 1 is 0.933 bits per heavy atom. The van der Waals surface area contributed by atoms with Crippen LogP contribution in [0.3, 0.4) is 0 Å². The zero-order valence-electron chi connectivity index (χ0n) is 16.8. The summed E-state index contributed by atoms with van der Waals surface area (Å²) in [5.74, 6) is 0.811. The molecule has 1 saturated heterocycles. The minimum absolute atomic E-state index is 0.0113. The van der Waals surface area contributed by atoms with Gasteiger partial charge < -0.3 is 10.2 Å². The van der Waals surface area contributed by atoms with Gasteiger partial charge in [0.15, 0.2) is 11.6 Å². The summed E-state index contributed by atoms with van der Waals surface area (Å²) in [5, 5.41) is 11.7. The van der Waals surface area contributed by atoms with Gasteiger partial charge >= 0.3 is 0 Å². The highest BCUT2D eigenvalue weighted by Gasteiger charge is 2.26. The number of carbonyl (C=O) groups excluding carboxylic acids is 2. The largest absolute Gasteiger partial charge is 0.355 e. The summed E-state index contributed by atoms with van der Waals surface area (Å²) in [6, 6.07) is 14.7. The summed E-state index contributed by atoms with van der Waals surface area (Å²) < 4.78 is 0. The molecule has 3 heterocycles. The third-order valence-electron chi connectivity index (χ3n) is 5.38. The molecule has 1 amide bonds. The summed E-state index contributed by atoms with van der Waals surface area (Å²) in [5.41, 5.74) is 3.14. The number of aromatic nitrogens is 3. The fourth-order valence-electron chi connectivity index (χ4n) is 3.57. The molecule has 1 aliphatic heterocycles. The number of rotatable bonds is 5. The van der Waals surface area contributed by atoms with E-state index in [2.05, 4.69) is 25.4 Å². The molecule has 7 nitrogen and oxygen atoms in total. The monoisotopic (exact) mass is 401 g/mol. The Hall–Kier alpha value is -3.61. The molecule has 3 aromatic rings. The number of benzene rings is 1. The second-order valence-electron chi connectivity index (χ2n) is 7.40. The van der Waals surface area contributed by atoms with Gasteiger partial charge in [0.05, 0.1) is 5.69 Å². The summed E-state index contributed by atoms with van der Waals surface area (Å²) in [4.78, 5) is 30.1. The quantitative estimate of drug-likeness (QED) is 0.657. The van der Waals surface area contributed by atoms with Gasteiger partial charge in [-0.1, -0.05) is 0 Å². The smallest absolute Gasteiger partial charge is 0.227 e. The van der Waals surface area contributed by atoms with Crippen molar-refractivity contribution < 1.29 is 9.59 Å². The van der Waals surface area contributed by atoms with E-state index in [0.29, 0.717) is 11.3 Å². The van der Waals surface area contributed by atoms with Crippen LogP contribution in [0.4, 0.5) is 11.5 Å². The van der Waals surface area contributed by atoms with Crippen LogP contribution in [0.1, 0.15) is 30.1 Å². The Kier molecular flexibility index (Phi) is 5.79. The van der Waals surface area contributed by atoms with Crippen LogP contribution in [0, 0.1) is 5.92 Å². The van der Waals surface area contributed by atoms with Crippen molar-refractivity contribution in [2.24, 2.45) is 5.92 Å². The molecule has 0 radical (unpaired) electrons. The molecule has 2 aromatic heterocycles. The lowest BCUT2D eigenvalue weighted by Gasteiger charge is -2.31. The van der Waals surface area contributed by atoms with E-state index in [1.165, 1.54) is 6.92 Å². The molecule has 30 heavy (non-hydrogen) atoms. The molecule has 1 fully saturated rings. The van der Waals surface area contributed by atoms with Crippen molar-refractivity contribution in [1.82, 2.24) is 15.2 Å². The Labute approximate surface area is 175 Å². The fraction of sp³-hybridized carbons (Fsp3) is 0.261.